The van der Waals surface area contributed by atoms with Gasteiger partial charge in [-0.05, 0) is 31.4 Å². The van der Waals surface area contributed by atoms with E-state index in [-0.39, 0.29) is 11.9 Å². The van der Waals surface area contributed by atoms with Gasteiger partial charge in [0, 0.05) is 17.8 Å². The van der Waals surface area contributed by atoms with Crippen LogP contribution < -0.4 is 5.32 Å². The fourth-order valence-corrected chi connectivity index (χ4v) is 3.21. The van der Waals surface area contributed by atoms with Crippen molar-refractivity contribution in [3.8, 4) is 0 Å². The average Bonchev–Trinajstić information content (AvgIpc) is 2.37. The first-order chi connectivity index (χ1) is 9.33. The van der Waals surface area contributed by atoms with Gasteiger partial charge < -0.3 is 5.32 Å². The Labute approximate surface area is 115 Å². The summed E-state index contributed by atoms with van der Waals surface area (Å²) in [4.78, 5) is 3.86. The van der Waals surface area contributed by atoms with E-state index in [0.717, 1.165) is 12.1 Å². The molecule has 0 aromatic carbocycles. The van der Waals surface area contributed by atoms with E-state index < -0.39 is 0 Å². The minimum atomic E-state index is -0.171. The van der Waals surface area contributed by atoms with E-state index in [0.29, 0.717) is 5.92 Å². The molecule has 19 heavy (non-hydrogen) atoms. The van der Waals surface area contributed by atoms with Crippen LogP contribution in [0.5, 0.6) is 0 Å². The molecule has 1 aliphatic rings. The van der Waals surface area contributed by atoms with E-state index in [1.165, 1.54) is 51.1 Å². The second kappa shape index (κ2) is 7.59. The van der Waals surface area contributed by atoms with Crippen LogP contribution in [0, 0.1) is 11.7 Å². The van der Waals surface area contributed by atoms with Crippen LogP contribution in [0.25, 0.3) is 0 Å². The molecule has 1 atom stereocenters. The van der Waals surface area contributed by atoms with Gasteiger partial charge >= 0.3 is 0 Å². The van der Waals surface area contributed by atoms with Crippen molar-refractivity contribution >= 4 is 0 Å². The van der Waals surface area contributed by atoms with Crippen LogP contribution in [0.1, 0.15) is 63.5 Å². The Morgan fingerprint density at radius 2 is 1.95 bits per heavy atom. The van der Waals surface area contributed by atoms with Crippen molar-refractivity contribution in [2.45, 2.75) is 57.9 Å². The summed E-state index contributed by atoms with van der Waals surface area (Å²) in [6, 6.07) is 1.98. The van der Waals surface area contributed by atoms with Gasteiger partial charge in [-0.1, -0.05) is 39.0 Å². The first-order valence-electron chi connectivity index (χ1n) is 7.65. The Kier molecular flexibility index (Phi) is 5.77. The second-order valence-corrected chi connectivity index (χ2v) is 5.54. The summed E-state index contributed by atoms with van der Waals surface area (Å²) >= 11 is 0. The van der Waals surface area contributed by atoms with Gasteiger partial charge in [-0.2, -0.15) is 0 Å². The highest BCUT2D eigenvalue weighted by molar-refractivity contribution is 5.18. The van der Waals surface area contributed by atoms with Crippen LogP contribution in [0.2, 0.25) is 0 Å². The van der Waals surface area contributed by atoms with E-state index in [2.05, 4.69) is 17.2 Å². The Balaban J connectivity index is 2.15. The van der Waals surface area contributed by atoms with Gasteiger partial charge in [0.1, 0.15) is 5.82 Å². The largest absolute Gasteiger partial charge is 0.310 e. The van der Waals surface area contributed by atoms with Crippen molar-refractivity contribution < 1.29 is 4.39 Å². The van der Waals surface area contributed by atoms with Crippen LogP contribution >= 0.6 is 0 Å². The summed E-state index contributed by atoms with van der Waals surface area (Å²) in [6.45, 7) is 2.97. The number of nitrogens with one attached hydrogen (secondary N) is 1. The third kappa shape index (κ3) is 4.00. The van der Waals surface area contributed by atoms with Crippen LogP contribution in [0.3, 0.4) is 0 Å². The number of halogens is 1. The fraction of sp³-hybridized carbons (Fsp3) is 0.688. The van der Waals surface area contributed by atoms with E-state index in [1.54, 1.807) is 6.20 Å². The van der Waals surface area contributed by atoms with Gasteiger partial charge in [0.25, 0.3) is 0 Å². The van der Waals surface area contributed by atoms with Gasteiger partial charge in [0.15, 0.2) is 0 Å². The summed E-state index contributed by atoms with van der Waals surface area (Å²) in [6.07, 6.45) is 12.0. The summed E-state index contributed by atoms with van der Waals surface area (Å²) in [5.74, 6) is 0.382. The zero-order valence-electron chi connectivity index (χ0n) is 11.9. The highest BCUT2D eigenvalue weighted by Crippen LogP contribution is 2.33. The molecule has 0 saturated heterocycles. The molecule has 0 bridgehead atoms. The number of pyridine rings is 1. The van der Waals surface area contributed by atoms with Gasteiger partial charge in [-0.15, -0.1) is 0 Å². The summed E-state index contributed by atoms with van der Waals surface area (Å²) in [5.41, 5.74) is 0.794. The molecule has 1 aromatic rings. The minimum Gasteiger partial charge on any atom is -0.310 e. The number of hydrogen-bond acceptors (Lipinski definition) is 2. The molecule has 0 spiro atoms. The summed E-state index contributed by atoms with van der Waals surface area (Å²) < 4.78 is 14.0. The molecule has 1 unspecified atom stereocenters. The molecule has 2 rings (SSSR count). The number of aromatic nitrogens is 1. The number of nitrogens with zero attached hydrogens (tertiary/aromatic N) is 1. The van der Waals surface area contributed by atoms with Crippen molar-refractivity contribution in [1.29, 1.82) is 0 Å². The van der Waals surface area contributed by atoms with Crippen molar-refractivity contribution in [1.82, 2.24) is 10.3 Å². The monoisotopic (exact) mass is 264 g/mol. The third-order valence-corrected chi connectivity index (χ3v) is 4.18. The zero-order chi connectivity index (χ0) is 13.5. The van der Waals surface area contributed by atoms with Crippen molar-refractivity contribution in [3.05, 3.63) is 29.8 Å². The average molecular weight is 264 g/mol. The Morgan fingerprint density at radius 3 is 2.58 bits per heavy atom. The molecule has 0 radical (unpaired) electrons. The van der Waals surface area contributed by atoms with Gasteiger partial charge in [0.2, 0.25) is 0 Å². The molecule has 0 aliphatic heterocycles. The first kappa shape index (κ1) is 14.4. The smallest absolute Gasteiger partial charge is 0.146 e. The highest BCUT2D eigenvalue weighted by atomic mass is 19.1. The normalized spacial score (nSPS) is 19.7. The molecule has 1 heterocycles. The zero-order valence-corrected chi connectivity index (χ0v) is 11.9. The Hall–Kier alpha value is -0.960. The molecule has 1 saturated carbocycles. The maximum atomic E-state index is 14.0. The Morgan fingerprint density at radius 1 is 1.26 bits per heavy atom. The maximum absolute atomic E-state index is 14.0. The molecule has 0 amide bonds. The van der Waals surface area contributed by atoms with Crippen LogP contribution in [0.15, 0.2) is 18.5 Å². The van der Waals surface area contributed by atoms with Crippen LogP contribution in [-0.2, 0) is 0 Å². The van der Waals surface area contributed by atoms with Gasteiger partial charge in [0.05, 0.1) is 6.20 Å². The standard InChI is InChI=1S/C16H25FN2/c1-2-19-16(14-10-11-18-12-15(14)17)13-8-6-4-3-5-7-9-13/h10-13,16,19H,2-9H2,1H3. The number of hydrogen-bond donors (Lipinski definition) is 1. The molecule has 1 aromatic heterocycles. The molecule has 1 fully saturated rings. The lowest BCUT2D eigenvalue weighted by Gasteiger charge is -2.30. The molecular formula is C16H25FN2. The lowest BCUT2D eigenvalue weighted by molar-refractivity contribution is 0.286. The fourth-order valence-electron chi connectivity index (χ4n) is 3.21. The maximum Gasteiger partial charge on any atom is 0.146 e. The summed E-state index contributed by atoms with van der Waals surface area (Å²) in [7, 11) is 0. The van der Waals surface area contributed by atoms with E-state index in [1.807, 2.05) is 6.07 Å². The lowest BCUT2D eigenvalue weighted by atomic mass is 9.83. The minimum absolute atomic E-state index is 0.145. The molecule has 1 aliphatic carbocycles. The SMILES string of the molecule is CCNC(c1ccncc1F)C1CCCCCCC1. The predicted octanol–water partition coefficient (Wildman–Crippen LogP) is 4.23. The molecule has 106 valence electrons. The van der Waals surface area contributed by atoms with Gasteiger partial charge in [-0.25, -0.2) is 4.39 Å². The van der Waals surface area contributed by atoms with Crippen LogP contribution in [0.4, 0.5) is 4.39 Å². The topological polar surface area (TPSA) is 24.9 Å². The van der Waals surface area contributed by atoms with Crippen LogP contribution in [-0.4, -0.2) is 11.5 Å². The quantitative estimate of drug-likeness (QED) is 0.880. The molecular weight excluding hydrogens is 239 g/mol. The Bertz CT molecular complexity index is 373. The number of rotatable bonds is 4. The highest BCUT2D eigenvalue weighted by Gasteiger charge is 2.25. The van der Waals surface area contributed by atoms with E-state index in [9.17, 15) is 4.39 Å². The van der Waals surface area contributed by atoms with E-state index >= 15 is 0 Å². The van der Waals surface area contributed by atoms with Crippen molar-refractivity contribution in [3.63, 3.8) is 0 Å². The van der Waals surface area contributed by atoms with Gasteiger partial charge in [-0.3, -0.25) is 4.98 Å². The van der Waals surface area contributed by atoms with Crippen molar-refractivity contribution in [2.75, 3.05) is 6.54 Å². The lowest BCUT2D eigenvalue weighted by Crippen LogP contribution is -2.29. The second-order valence-electron chi connectivity index (χ2n) is 5.54. The van der Waals surface area contributed by atoms with Crippen molar-refractivity contribution in [2.24, 2.45) is 5.92 Å². The predicted molar refractivity (Wildman–Crippen MR) is 76.4 cm³/mol. The molecule has 2 nitrogen and oxygen atoms in total. The molecule has 1 N–H and O–H groups in total. The third-order valence-electron chi connectivity index (χ3n) is 4.18. The molecule has 3 heteroatoms. The summed E-state index contributed by atoms with van der Waals surface area (Å²) in [5, 5.41) is 3.49. The first-order valence-corrected chi connectivity index (χ1v) is 7.65. The van der Waals surface area contributed by atoms with E-state index in [4.69, 9.17) is 0 Å².